The highest BCUT2D eigenvalue weighted by atomic mass is 32.2. The number of aryl methyl sites for hydroxylation is 1. The van der Waals surface area contributed by atoms with Crippen molar-refractivity contribution >= 4 is 27.3 Å². The molecule has 1 heterocycles. The van der Waals surface area contributed by atoms with Gasteiger partial charge in [0, 0.05) is 5.69 Å². The zero-order valence-corrected chi connectivity index (χ0v) is 16.2. The number of nitrogens with one attached hydrogen (secondary N) is 1. The van der Waals surface area contributed by atoms with Gasteiger partial charge in [0.15, 0.2) is 6.10 Å². The zero-order valence-electron chi connectivity index (χ0n) is 15.4. The molecule has 0 fully saturated rings. The fraction of sp³-hybridized carbons (Fsp3) is 0.278. The second kappa shape index (κ2) is 7.47. The number of alkyl halides is 3. The predicted molar refractivity (Wildman–Crippen MR) is 99.5 cm³/mol. The minimum absolute atomic E-state index is 0.203. The highest BCUT2D eigenvalue weighted by molar-refractivity contribution is 7.92. The molecule has 1 aliphatic rings. The first-order valence-electron chi connectivity index (χ1n) is 8.34. The minimum atomic E-state index is -4.82. The van der Waals surface area contributed by atoms with Gasteiger partial charge in [-0.1, -0.05) is 6.07 Å². The quantitative estimate of drug-likeness (QED) is 0.806. The van der Waals surface area contributed by atoms with Crippen molar-refractivity contribution in [3.63, 3.8) is 0 Å². The van der Waals surface area contributed by atoms with Crippen molar-refractivity contribution in [2.45, 2.75) is 19.4 Å². The molecule has 29 heavy (non-hydrogen) atoms. The molecule has 11 heteroatoms. The Morgan fingerprint density at radius 2 is 1.86 bits per heavy atom. The number of rotatable bonds is 4. The molecule has 1 amide bonds. The van der Waals surface area contributed by atoms with Crippen LogP contribution in [0.1, 0.15) is 5.56 Å². The van der Waals surface area contributed by atoms with Crippen molar-refractivity contribution in [2.24, 2.45) is 0 Å². The van der Waals surface area contributed by atoms with Crippen LogP contribution in [0, 0.1) is 6.92 Å². The number of ether oxygens (including phenoxy) is 2. The van der Waals surface area contributed by atoms with Gasteiger partial charge in [-0.15, -0.1) is 13.2 Å². The van der Waals surface area contributed by atoms with Crippen LogP contribution in [0.25, 0.3) is 0 Å². The van der Waals surface area contributed by atoms with E-state index in [1.165, 1.54) is 12.1 Å². The van der Waals surface area contributed by atoms with E-state index in [0.29, 0.717) is 5.69 Å². The molecular formula is C18H17F3N2O5S. The van der Waals surface area contributed by atoms with E-state index >= 15 is 0 Å². The first kappa shape index (κ1) is 20.8. The maximum Gasteiger partial charge on any atom is 0.573 e. The Kier molecular flexibility index (Phi) is 5.35. The molecule has 3 rings (SSSR count). The number of halogens is 3. The van der Waals surface area contributed by atoms with Crippen molar-refractivity contribution < 1.29 is 35.9 Å². The Hall–Kier alpha value is -2.95. The molecule has 156 valence electrons. The molecule has 0 saturated carbocycles. The lowest BCUT2D eigenvalue weighted by Crippen LogP contribution is -2.48. The van der Waals surface area contributed by atoms with Crippen LogP contribution in [0.15, 0.2) is 42.5 Å². The van der Waals surface area contributed by atoms with Crippen LogP contribution < -0.4 is 19.1 Å². The number of hydrogen-bond donors (Lipinski definition) is 1. The summed E-state index contributed by atoms with van der Waals surface area (Å²) in [5, 5.41) is 2.49. The summed E-state index contributed by atoms with van der Waals surface area (Å²) in [7, 11) is -3.67. The molecule has 0 spiro atoms. The molecule has 1 atom stereocenters. The lowest BCUT2D eigenvalue weighted by atomic mass is 10.1. The predicted octanol–water partition coefficient (Wildman–Crippen LogP) is 3.06. The second-order valence-corrected chi connectivity index (χ2v) is 8.34. The minimum Gasteiger partial charge on any atom is -0.476 e. The summed E-state index contributed by atoms with van der Waals surface area (Å²) in [5.74, 6) is -0.840. The van der Waals surface area contributed by atoms with Gasteiger partial charge in [0.25, 0.3) is 5.91 Å². The average Bonchev–Trinajstić information content (AvgIpc) is 2.60. The Labute approximate surface area is 165 Å². The summed E-state index contributed by atoms with van der Waals surface area (Å²) in [4.78, 5) is 12.6. The van der Waals surface area contributed by atoms with Gasteiger partial charge in [-0.05, 0) is 48.9 Å². The first-order valence-corrected chi connectivity index (χ1v) is 10.2. The van der Waals surface area contributed by atoms with E-state index in [-0.39, 0.29) is 18.0 Å². The summed E-state index contributed by atoms with van der Waals surface area (Å²) in [6.07, 6.45) is -4.94. The normalized spacial score (nSPS) is 16.6. The largest absolute Gasteiger partial charge is 0.573 e. The number of hydrogen-bond acceptors (Lipinski definition) is 5. The third-order valence-electron chi connectivity index (χ3n) is 4.03. The number of carbonyl (C=O) groups excluding carboxylic acids is 1. The fourth-order valence-electron chi connectivity index (χ4n) is 2.77. The van der Waals surface area contributed by atoms with E-state index in [4.69, 9.17) is 4.74 Å². The number of benzene rings is 2. The van der Waals surface area contributed by atoms with Crippen LogP contribution in [0.3, 0.4) is 0 Å². The summed E-state index contributed by atoms with van der Waals surface area (Å²) < 4.78 is 71.5. The number of nitrogens with zero attached hydrogens (tertiary/aromatic N) is 1. The highest BCUT2D eigenvalue weighted by Crippen LogP contribution is 2.36. The van der Waals surface area contributed by atoms with Crippen LogP contribution in [0.2, 0.25) is 0 Å². The van der Waals surface area contributed by atoms with Crippen LogP contribution >= 0.6 is 0 Å². The Morgan fingerprint density at radius 1 is 1.21 bits per heavy atom. The summed E-state index contributed by atoms with van der Waals surface area (Å²) >= 11 is 0. The monoisotopic (exact) mass is 430 g/mol. The number of sulfonamides is 1. The maximum absolute atomic E-state index is 12.6. The summed E-state index contributed by atoms with van der Waals surface area (Å²) in [6.45, 7) is 1.56. The molecular weight excluding hydrogens is 413 g/mol. The Bertz CT molecular complexity index is 1020. The molecule has 1 N–H and O–H groups in total. The van der Waals surface area contributed by atoms with E-state index in [0.717, 1.165) is 28.3 Å². The van der Waals surface area contributed by atoms with E-state index in [1.807, 2.05) is 0 Å². The van der Waals surface area contributed by atoms with Crippen molar-refractivity contribution in [1.29, 1.82) is 0 Å². The average molecular weight is 430 g/mol. The molecule has 0 unspecified atom stereocenters. The first-order chi connectivity index (χ1) is 13.4. The number of carbonyl (C=O) groups is 1. The van der Waals surface area contributed by atoms with Gasteiger partial charge in [0.1, 0.15) is 11.5 Å². The van der Waals surface area contributed by atoms with Crippen molar-refractivity contribution in [1.82, 2.24) is 0 Å². The molecule has 2 aromatic carbocycles. The zero-order chi connectivity index (χ0) is 21.4. The molecule has 0 saturated heterocycles. The van der Waals surface area contributed by atoms with Crippen LogP contribution in [0.4, 0.5) is 24.5 Å². The van der Waals surface area contributed by atoms with Gasteiger partial charge in [0.2, 0.25) is 10.0 Å². The lowest BCUT2D eigenvalue weighted by molar-refractivity contribution is -0.274. The topological polar surface area (TPSA) is 84.9 Å². The van der Waals surface area contributed by atoms with Gasteiger partial charge in [0.05, 0.1) is 18.5 Å². The number of fused-ring (bicyclic) bond motifs is 1. The SMILES string of the molecule is Cc1ccc2c(c1)N(S(C)(=O)=O)C[C@H](C(=O)Nc1ccc(OC(F)(F)F)cc1)O2. The summed E-state index contributed by atoms with van der Waals surface area (Å²) in [6, 6.07) is 9.49. The van der Waals surface area contributed by atoms with E-state index < -0.39 is 34.1 Å². The molecule has 0 bridgehead atoms. The van der Waals surface area contributed by atoms with Gasteiger partial charge in [-0.2, -0.15) is 0 Å². The van der Waals surface area contributed by atoms with Crippen LogP contribution in [-0.2, 0) is 14.8 Å². The Balaban J connectivity index is 1.77. The number of anilines is 2. The van der Waals surface area contributed by atoms with Gasteiger partial charge >= 0.3 is 6.36 Å². The summed E-state index contributed by atoms with van der Waals surface area (Å²) in [5.41, 5.74) is 1.36. The van der Waals surface area contributed by atoms with Gasteiger partial charge in [-0.3, -0.25) is 9.10 Å². The second-order valence-electron chi connectivity index (χ2n) is 6.43. The third-order valence-corrected chi connectivity index (χ3v) is 5.18. The molecule has 0 aliphatic carbocycles. The van der Waals surface area contributed by atoms with E-state index in [1.54, 1.807) is 25.1 Å². The molecule has 2 aromatic rings. The standard InChI is InChI=1S/C18H17F3N2O5S/c1-11-3-8-15-14(9-11)23(29(2,25)26)10-16(27-15)17(24)22-12-4-6-13(7-5-12)28-18(19,20)21/h3-9,16H,10H2,1-2H3,(H,22,24)/t16-/m1/s1. The highest BCUT2D eigenvalue weighted by Gasteiger charge is 2.35. The lowest BCUT2D eigenvalue weighted by Gasteiger charge is -2.34. The Morgan fingerprint density at radius 3 is 2.45 bits per heavy atom. The van der Waals surface area contributed by atoms with Gasteiger partial charge in [-0.25, -0.2) is 8.42 Å². The van der Waals surface area contributed by atoms with Crippen molar-refractivity contribution in [2.75, 3.05) is 22.4 Å². The maximum atomic E-state index is 12.6. The van der Waals surface area contributed by atoms with Crippen molar-refractivity contribution in [3.05, 3.63) is 48.0 Å². The fourth-order valence-corrected chi connectivity index (χ4v) is 3.68. The van der Waals surface area contributed by atoms with Crippen molar-refractivity contribution in [3.8, 4) is 11.5 Å². The molecule has 0 radical (unpaired) electrons. The molecule has 1 aliphatic heterocycles. The number of amides is 1. The van der Waals surface area contributed by atoms with Crippen LogP contribution in [-0.4, -0.2) is 39.6 Å². The smallest absolute Gasteiger partial charge is 0.476 e. The van der Waals surface area contributed by atoms with Gasteiger partial charge < -0.3 is 14.8 Å². The molecule has 0 aromatic heterocycles. The third kappa shape index (κ3) is 5.11. The van der Waals surface area contributed by atoms with E-state index in [9.17, 15) is 26.4 Å². The van der Waals surface area contributed by atoms with Crippen LogP contribution in [0.5, 0.6) is 11.5 Å². The van der Waals surface area contributed by atoms with E-state index in [2.05, 4.69) is 10.1 Å². The molecule has 7 nitrogen and oxygen atoms in total.